The van der Waals surface area contributed by atoms with Crippen LogP contribution < -0.4 is 0 Å². The first kappa shape index (κ1) is 9.07. The fourth-order valence-electron chi connectivity index (χ4n) is 1.47. The Morgan fingerprint density at radius 1 is 1.33 bits per heavy atom. The number of carbonyl (C=O) groups is 1. The number of ketones is 1. The van der Waals surface area contributed by atoms with E-state index in [1.807, 2.05) is 6.07 Å². The molecule has 0 unspecified atom stereocenters. The highest BCUT2D eigenvalue weighted by atomic mass is 16.1. The van der Waals surface area contributed by atoms with Crippen LogP contribution in [-0.2, 0) is 4.79 Å². The van der Waals surface area contributed by atoms with Crippen LogP contribution in [0.5, 0.6) is 0 Å². The number of benzene rings is 1. The Morgan fingerprint density at radius 2 is 2.13 bits per heavy atom. The minimum absolute atomic E-state index is 0.0111. The average Bonchev–Trinajstić information content (AvgIpc) is 2.28. The van der Waals surface area contributed by atoms with Crippen LogP contribution in [-0.4, -0.2) is 16.3 Å². The van der Waals surface area contributed by atoms with Gasteiger partial charge >= 0.3 is 5.71 Å². The zero-order valence-corrected chi connectivity index (χ0v) is 7.64. The van der Waals surface area contributed by atoms with Crippen molar-refractivity contribution in [2.24, 2.45) is 0 Å². The molecule has 1 aromatic carbocycles. The van der Waals surface area contributed by atoms with Crippen LogP contribution in [0.25, 0.3) is 11.6 Å². The minimum atomic E-state index is -0.338. The summed E-state index contributed by atoms with van der Waals surface area (Å²) in [5, 5.41) is 8.69. The maximum absolute atomic E-state index is 11.3. The molecule has 0 spiro atoms. The predicted octanol–water partition coefficient (Wildman–Crippen LogP) is 1.17. The zero-order valence-electron chi connectivity index (χ0n) is 7.64. The summed E-state index contributed by atoms with van der Waals surface area (Å²) < 4.78 is 0. The maximum atomic E-state index is 11.3. The van der Waals surface area contributed by atoms with Gasteiger partial charge < -0.3 is 5.53 Å². The standard InChI is InChI=1S/C11H5N3O/c12-6-7-1-3-9-8(5-7)2-4-10(15)11(9)14-13/h1-5H. The molecule has 0 radical (unpaired) electrons. The zero-order chi connectivity index (χ0) is 10.8. The van der Waals surface area contributed by atoms with Crippen LogP contribution in [0.1, 0.15) is 16.7 Å². The second-order valence-corrected chi connectivity index (χ2v) is 3.06. The Hall–Kier alpha value is -2.50. The second kappa shape index (κ2) is 3.33. The van der Waals surface area contributed by atoms with Crippen molar-refractivity contribution in [2.45, 2.75) is 0 Å². The molecule has 0 atom stereocenters. The van der Waals surface area contributed by atoms with E-state index in [0.29, 0.717) is 16.7 Å². The number of rotatable bonds is 0. The monoisotopic (exact) mass is 195 g/mol. The molecular formula is C11H5N3O. The summed E-state index contributed by atoms with van der Waals surface area (Å²) in [5.74, 6) is -0.338. The van der Waals surface area contributed by atoms with Gasteiger partial charge in [-0.25, -0.2) is 0 Å². The van der Waals surface area contributed by atoms with Crippen molar-refractivity contribution in [3.05, 3.63) is 46.5 Å². The average molecular weight is 195 g/mol. The van der Waals surface area contributed by atoms with Gasteiger partial charge in [-0.3, -0.25) is 4.79 Å². The van der Waals surface area contributed by atoms with Gasteiger partial charge in [-0.05, 0) is 35.9 Å². The second-order valence-electron chi connectivity index (χ2n) is 3.06. The summed E-state index contributed by atoms with van der Waals surface area (Å²) in [6.07, 6.45) is 2.92. The molecule has 0 amide bonds. The first-order chi connectivity index (χ1) is 7.26. The van der Waals surface area contributed by atoms with E-state index >= 15 is 0 Å². The van der Waals surface area contributed by atoms with E-state index in [0.717, 1.165) is 0 Å². The van der Waals surface area contributed by atoms with Crippen molar-refractivity contribution >= 4 is 17.6 Å². The molecule has 70 valence electrons. The van der Waals surface area contributed by atoms with Crippen LogP contribution in [0.15, 0.2) is 24.3 Å². The van der Waals surface area contributed by atoms with Crippen LogP contribution in [0, 0.1) is 11.3 Å². The van der Waals surface area contributed by atoms with Gasteiger partial charge in [0.05, 0.1) is 17.2 Å². The van der Waals surface area contributed by atoms with E-state index in [1.54, 1.807) is 24.3 Å². The molecule has 0 bridgehead atoms. The summed E-state index contributed by atoms with van der Waals surface area (Å²) in [4.78, 5) is 14.3. The quantitative estimate of drug-likeness (QED) is 0.460. The topological polar surface area (TPSA) is 77.3 Å². The summed E-state index contributed by atoms with van der Waals surface area (Å²) in [6.45, 7) is 0. The van der Waals surface area contributed by atoms with Gasteiger partial charge in [0, 0.05) is 0 Å². The maximum Gasteiger partial charge on any atom is 0.369 e. The van der Waals surface area contributed by atoms with E-state index in [1.165, 1.54) is 6.08 Å². The van der Waals surface area contributed by atoms with Gasteiger partial charge in [-0.2, -0.15) is 10.1 Å². The number of nitriles is 1. The Morgan fingerprint density at radius 3 is 2.80 bits per heavy atom. The van der Waals surface area contributed by atoms with Gasteiger partial charge in [0.1, 0.15) is 0 Å². The number of fused-ring (bicyclic) bond motifs is 1. The highest BCUT2D eigenvalue weighted by Crippen LogP contribution is 2.18. The largest absolute Gasteiger partial charge is 0.369 e. The third-order valence-electron chi connectivity index (χ3n) is 2.18. The SMILES string of the molecule is N#Cc1ccc2c(c1)C=CC(=O)C2=[N+]=[N-]. The lowest BCUT2D eigenvalue weighted by Crippen LogP contribution is -2.18. The van der Waals surface area contributed by atoms with Crippen molar-refractivity contribution in [1.82, 2.24) is 0 Å². The third kappa shape index (κ3) is 1.37. The molecule has 4 heteroatoms. The van der Waals surface area contributed by atoms with Crippen molar-refractivity contribution in [3.63, 3.8) is 0 Å². The fraction of sp³-hybridized carbons (Fsp3) is 0. The molecule has 0 N–H and O–H groups in total. The molecule has 1 aliphatic carbocycles. The fourth-order valence-corrected chi connectivity index (χ4v) is 1.47. The molecule has 2 rings (SSSR count). The molecule has 0 aromatic heterocycles. The molecule has 0 saturated carbocycles. The van der Waals surface area contributed by atoms with Crippen molar-refractivity contribution in [3.8, 4) is 6.07 Å². The van der Waals surface area contributed by atoms with Crippen LogP contribution in [0.3, 0.4) is 0 Å². The summed E-state index contributed by atoms with van der Waals surface area (Å²) in [7, 11) is 0. The predicted molar refractivity (Wildman–Crippen MR) is 52.9 cm³/mol. The van der Waals surface area contributed by atoms with Gasteiger partial charge in [0.25, 0.3) is 5.78 Å². The Labute approximate surface area is 85.7 Å². The Balaban J connectivity index is 2.71. The Bertz CT molecular complexity index is 572. The molecule has 0 fully saturated rings. The first-order valence-corrected chi connectivity index (χ1v) is 4.25. The third-order valence-corrected chi connectivity index (χ3v) is 2.18. The number of allylic oxidation sites excluding steroid dienone is 1. The van der Waals surface area contributed by atoms with Crippen molar-refractivity contribution in [1.29, 1.82) is 5.26 Å². The van der Waals surface area contributed by atoms with Gasteiger partial charge in [0.15, 0.2) is 0 Å². The summed E-state index contributed by atoms with van der Waals surface area (Å²) in [5.41, 5.74) is 10.5. The molecule has 0 heterocycles. The smallest absolute Gasteiger partial charge is 0.361 e. The lowest BCUT2D eigenvalue weighted by Gasteiger charge is -2.04. The van der Waals surface area contributed by atoms with Gasteiger partial charge in [-0.15, -0.1) is 0 Å². The summed E-state index contributed by atoms with van der Waals surface area (Å²) in [6, 6.07) is 6.82. The number of hydrogen-bond acceptors (Lipinski definition) is 2. The van der Waals surface area contributed by atoms with Gasteiger partial charge in [-0.1, -0.05) is 0 Å². The van der Waals surface area contributed by atoms with Crippen LogP contribution in [0.2, 0.25) is 0 Å². The lowest BCUT2D eigenvalue weighted by molar-refractivity contribution is -0.112. The highest BCUT2D eigenvalue weighted by molar-refractivity contribution is 6.50. The number of carbonyl (C=O) groups excluding carboxylic acids is 1. The van der Waals surface area contributed by atoms with E-state index in [2.05, 4.69) is 4.79 Å². The molecule has 0 saturated heterocycles. The first-order valence-electron chi connectivity index (χ1n) is 4.25. The normalized spacial score (nSPS) is 13.0. The van der Waals surface area contributed by atoms with E-state index in [4.69, 9.17) is 10.8 Å². The van der Waals surface area contributed by atoms with Crippen molar-refractivity contribution in [2.75, 3.05) is 0 Å². The summed E-state index contributed by atoms with van der Waals surface area (Å²) >= 11 is 0. The highest BCUT2D eigenvalue weighted by Gasteiger charge is 2.26. The Kier molecular flexibility index (Phi) is 2.02. The molecule has 1 aromatic rings. The lowest BCUT2D eigenvalue weighted by atomic mass is 9.93. The van der Waals surface area contributed by atoms with Gasteiger partial charge in [0.2, 0.25) is 0 Å². The van der Waals surface area contributed by atoms with E-state index < -0.39 is 0 Å². The van der Waals surface area contributed by atoms with E-state index in [9.17, 15) is 4.79 Å². The van der Waals surface area contributed by atoms with Crippen LogP contribution >= 0.6 is 0 Å². The minimum Gasteiger partial charge on any atom is -0.361 e. The molecule has 4 nitrogen and oxygen atoms in total. The van der Waals surface area contributed by atoms with Crippen molar-refractivity contribution < 1.29 is 9.58 Å². The number of nitrogens with zero attached hydrogens (tertiary/aromatic N) is 3. The molecule has 0 aliphatic heterocycles. The van der Waals surface area contributed by atoms with E-state index in [-0.39, 0.29) is 11.5 Å². The molecule has 15 heavy (non-hydrogen) atoms. The molecular weight excluding hydrogens is 190 g/mol. The number of hydrogen-bond donors (Lipinski definition) is 0. The molecule has 1 aliphatic rings. The van der Waals surface area contributed by atoms with Crippen LogP contribution in [0.4, 0.5) is 0 Å².